The smallest absolute Gasteiger partial charge is 0.233 e. The Morgan fingerprint density at radius 1 is 1.16 bits per heavy atom. The lowest BCUT2D eigenvalue weighted by atomic mass is 9.77. The van der Waals surface area contributed by atoms with Crippen LogP contribution in [0.2, 0.25) is 0 Å². The lowest BCUT2D eigenvalue weighted by Gasteiger charge is -2.35. The summed E-state index contributed by atoms with van der Waals surface area (Å²) in [4.78, 5) is 15.8. The number of methoxy groups -OCH3 is 1. The van der Waals surface area contributed by atoms with E-state index in [4.69, 9.17) is 4.74 Å². The molecule has 1 aliphatic carbocycles. The second-order valence-electron chi connectivity index (χ2n) is 8.07. The summed E-state index contributed by atoms with van der Waals surface area (Å²) in [6, 6.07) is 8.21. The number of rotatable bonds is 3. The van der Waals surface area contributed by atoms with Gasteiger partial charge in [-0.2, -0.15) is 0 Å². The lowest BCUT2D eigenvalue weighted by Crippen LogP contribution is -2.46. The highest BCUT2D eigenvalue weighted by atomic mass is 16.5. The van der Waals surface area contributed by atoms with Crippen molar-refractivity contribution in [3.05, 3.63) is 29.8 Å². The van der Waals surface area contributed by atoms with E-state index in [1.54, 1.807) is 7.11 Å². The van der Waals surface area contributed by atoms with Crippen LogP contribution in [0.25, 0.3) is 0 Å². The Morgan fingerprint density at radius 3 is 2.48 bits per heavy atom. The zero-order valence-electron chi connectivity index (χ0n) is 15.3. The predicted octanol–water partition coefficient (Wildman–Crippen LogP) is 2.97. The molecular weight excluding hydrogens is 312 g/mol. The summed E-state index contributed by atoms with van der Waals surface area (Å²) < 4.78 is 5.42. The molecule has 1 amide bonds. The highest BCUT2D eigenvalue weighted by Crippen LogP contribution is 2.44. The van der Waals surface area contributed by atoms with Crippen LogP contribution in [0.3, 0.4) is 0 Å². The van der Waals surface area contributed by atoms with Crippen LogP contribution in [0.4, 0.5) is 0 Å². The zero-order chi connectivity index (χ0) is 17.3. The van der Waals surface area contributed by atoms with Crippen molar-refractivity contribution in [3.8, 4) is 5.75 Å². The Morgan fingerprint density at radius 2 is 1.84 bits per heavy atom. The molecular formula is C21H30N2O2. The van der Waals surface area contributed by atoms with E-state index in [1.165, 1.54) is 0 Å². The van der Waals surface area contributed by atoms with E-state index in [9.17, 15) is 4.79 Å². The molecule has 3 fully saturated rings. The molecule has 4 nitrogen and oxygen atoms in total. The molecule has 0 spiro atoms. The van der Waals surface area contributed by atoms with Crippen LogP contribution < -0.4 is 10.1 Å². The number of fused-ring (bicyclic) bond motifs is 1. The van der Waals surface area contributed by atoms with Crippen LogP contribution in [0, 0.1) is 11.8 Å². The number of benzene rings is 1. The lowest BCUT2D eigenvalue weighted by molar-refractivity contribution is -0.137. The predicted molar refractivity (Wildman–Crippen MR) is 98.8 cm³/mol. The fraction of sp³-hybridized carbons (Fsp3) is 0.667. The van der Waals surface area contributed by atoms with E-state index in [0.29, 0.717) is 5.91 Å². The maximum absolute atomic E-state index is 13.7. The quantitative estimate of drug-likeness (QED) is 0.918. The van der Waals surface area contributed by atoms with Crippen LogP contribution in [-0.2, 0) is 10.2 Å². The highest BCUT2D eigenvalue weighted by Gasteiger charge is 2.46. The summed E-state index contributed by atoms with van der Waals surface area (Å²) in [6.07, 6.45) is 6.54. The molecule has 1 aromatic carbocycles. The standard InChI is InChI=1S/C21H30N2O2/c1-25-19-6-4-5-18(13-19)21(9-2-3-10-21)20(24)23-11-7-16-14-22-15-17(16)8-12-23/h4-6,13,16-17,22H,2-3,7-12,14-15H2,1H3/t16-,17+. The molecule has 4 rings (SSSR count). The second-order valence-corrected chi connectivity index (χ2v) is 8.07. The molecule has 1 saturated carbocycles. The summed E-state index contributed by atoms with van der Waals surface area (Å²) in [5.41, 5.74) is 0.826. The van der Waals surface area contributed by atoms with E-state index >= 15 is 0 Å². The van der Waals surface area contributed by atoms with Crippen molar-refractivity contribution in [1.29, 1.82) is 0 Å². The summed E-state index contributed by atoms with van der Waals surface area (Å²) >= 11 is 0. The largest absolute Gasteiger partial charge is 0.497 e. The number of nitrogens with one attached hydrogen (secondary N) is 1. The van der Waals surface area contributed by atoms with Crippen LogP contribution in [0.1, 0.15) is 44.1 Å². The Hall–Kier alpha value is -1.55. The molecule has 2 atom stereocenters. The molecule has 4 heteroatoms. The first kappa shape index (κ1) is 16.9. The van der Waals surface area contributed by atoms with E-state index in [2.05, 4.69) is 22.3 Å². The van der Waals surface area contributed by atoms with Crippen LogP contribution in [0.15, 0.2) is 24.3 Å². The molecule has 2 saturated heterocycles. The summed E-state index contributed by atoms with van der Waals surface area (Å²) in [7, 11) is 1.70. The molecule has 136 valence electrons. The van der Waals surface area contributed by atoms with E-state index in [0.717, 1.165) is 87.9 Å². The zero-order valence-corrected chi connectivity index (χ0v) is 15.3. The van der Waals surface area contributed by atoms with Gasteiger partial charge in [0.05, 0.1) is 12.5 Å². The number of amides is 1. The van der Waals surface area contributed by atoms with Gasteiger partial charge in [-0.3, -0.25) is 4.79 Å². The van der Waals surface area contributed by atoms with Gasteiger partial charge >= 0.3 is 0 Å². The van der Waals surface area contributed by atoms with Gasteiger partial charge in [0.15, 0.2) is 0 Å². The second kappa shape index (κ2) is 6.99. The number of carbonyl (C=O) groups excluding carboxylic acids is 1. The Bertz CT molecular complexity index is 610. The van der Waals surface area contributed by atoms with Gasteiger partial charge < -0.3 is 15.0 Å². The molecule has 3 aliphatic rings. The number of carbonyl (C=O) groups is 1. The molecule has 0 bridgehead atoms. The Balaban J connectivity index is 1.58. The van der Waals surface area contributed by atoms with Gasteiger partial charge in [-0.15, -0.1) is 0 Å². The van der Waals surface area contributed by atoms with Crippen molar-refractivity contribution < 1.29 is 9.53 Å². The minimum atomic E-state index is -0.327. The van der Waals surface area contributed by atoms with Crippen molar-refractivity contribution in [3.63, 3.8) is 0 Å². The SMILES string of the molecule is COc1cccc(C2(C(=O)N3CC[C@@H]4CNC[C@@H]4CC3)CCCC2)c1. The number of likely N-dealkylation sites (tertiary alicyclic amines) is 1. The monoisotopic (exact) mass is 342 g/mol. The Labute approximate surface area is 150 Å². The molecule has 1 aromatic rings. The third-order valence-corrected chi connectivity index (χ3v) is 6.80. The number of hydrogen-bond acceptors (Lipinski definition) is 3. The highest BCUT2D eigenvalue weighted by molar-refractivity contribution is 5.89. The van der Waals surface area contributed by atoms with Gasteiger partial charge in [0.2, 0.25) is 5.91 Å². The van der Waals surface area contributed by atoms with Crippen LogP contribution in [-0.4, -0.2) is 44.1 Å². The molecule has 1 N–H and O–H groups in total. The normalized spacial score (nSPS) is 28.4. The third kappa shape index (κ3) is 3.05. The van der Waals surface area contributed by atoms with Crippen LogP contribution >= 0.6 is 0 Å². The number of nitrogens with zero attached hydrogens (tertiary/aromatic N) is 1. The summed E-state index contributed by atoms with van der Waals surface area (Å²) in [5.74, 6) is 2.74. The average Bonchev–Trinajstić information content (AvgIpc) is 3.28. The maximum atomic E-state index is 13.7. The van der Waals surface area contributed by atoms with Gasteiger partial charge in [0.25, 0.3) is 0 Å². The first-order valence-electron chi connectivity index (χ1n) is 9.87. The average molecular weight is 342 g/mol. The number of ether oxygens (including phenoxy) is 1. The van der Waals surface area contributed by atoms with Crippen molar-refractivity contribution in [2.24, 2.45) is 11.8 Å². The molecule has 2 heterocycles. The molecule has 0 radical (unpaired) electrons. The molecule has 0 aromatic heterocycles. The summed E-state index contributed by atoms with van der Waals surface area (Å²) in [6.45, 7) is 4.11. The summed E-state index contributed by atoms with van der Waals surface area (Å²) in [5, 5.41) is 3.52. The van der Waals surface area contributed by atoms with E-state index in [-0.39, 0.29) is 5.41 Å². The van der Waals surface area contributed by atoms with Gasteiger partial charge in [-0.1, -0.05) is 25.0 Å². The van der Waals surface area contributed by atoms with Gasteiger partial charge in [-0.05, 0) is 68.3 Å². The van der Waals surface area contributed by atoms with Gasteiger partial charge in [0, 0.05) is 13.1 Å². The number of hydrogen-bond donors (Lipinski definition) is 1. The molecule has 25 heavy (non-hydrogen) atoms. The van der Waals surface area contributed by atoms with Crippen molar-refractivity contribution >= 4 is 5.91 Å². The minimum Gasteiger partial charge on any atom is -0.497 e. The first-order chi connectivity index (χ1) is 12.2. The molecule has 0 unspecified atom stereocenters. The third-order valence-electron chi connectivity index (χ3n) is 6.80. The van der Waals surface area contributed by atoms with E-state index < -0.39 is 0 Å². The fourth-order valence-electron chi connectivity index (χ4n) is 5.25. The fourth-order valence-corrected chi connectivity index (χ4v) is 5.25. The van der Waals surface area contributed by atoms with Crippen molar-refractivity contribution in [2.45, 2.75) is 43.9 Å². The van der Waals surface area contributed by atoms with Crippen molar-refractivity contribution in [2.75, 3.05) is 33.3 Å². The molecule has 2 aliphatic heterocycles. The van der Waals surface area contributed by atoms with Gasteiger partial charge in [-0.25, -0.2) is 0 Å². The Kier molecular flexibility index (Phi) is 4.72. The van der Waals surface area contributed by atoms with Crippen molar-refractivity contribution in [1.82, 2.24) is 10.2 Å². The van der Waals surface area contributed by atoms with Crippen LogP contribution in [0.5, 0.6) is 5.75 Å². The minimum absolute atomic E-state index is 0.327. The topological polar surface area (TPSA) is 41.6 Å². The maximum Gasteiger partial charge on any atom is 0.233 e. The van der Waals surface area contributed by atoms with Gasteiger partial charge in [0.1, 0.15) is 5.75 Å². The van der Waals surface area contributed by atoms with E-state index in [1.807, 2.05) is 12.1 Å². The first-order valence-corrected chi connectivity index (χ1v) is 9.87.